The second-order valence-corrected chi connectivity index (χ2v) is 4.71. The molecule has 2 rings (SSSR count). The summed E-state index contributed by atoms with van der Waals surface area (Å²) < 4.78 is 0. The molecule has 0 unspecified atom stereocenters. The molecule has 1 aromatic heterocycles. The lowest BCUT2D eigenvalue weighted by Gasteiger charge is -2.34. The summed E-state index contributed by atoms with van der Waals surface area (Å²) in [4.78, 5) is 29.0. The van der Waals surface area contributed by atoms with E-state index in [0.717, 1.165) is 0 Å². The zero-order chi connectivity index (χ0) is 13.8. The lowest BCUT2D eigenvalue weighted by atomic mass is 10.3. The lowest BCUT2D eigenvalue weighted by Crippen LogP contribution is -2.51. The van der Waals surface area contributed by atoms with E-state index in [1.807, 2.05) is 0 Å². The maximum Gasteiger partial charge on any atom is 0.276 e. The van der Waals surface area contributed by atoms with Crippen molar-refractivity contribution in [3.8, 4) is 0 Å². The average molecular weight is 266 g/mol. The third kappa shape index (κ3) is 3.28. The first-order valence-electron chi connectivity index (χ1n) is 6.15. The Hall–Kier alpha value is -1.96. The number of nitrogens with one attached hydrogen (secondary N) is 1. The predicted molar refractivity (Wildman–Crippen MR) is 67.4 cm³/mol. The molecular weight excluding hydrogens is 248 g/mol. The molecule has 1 aromatic rings. The van der Waals surface area contributed by atoms with Crippen LogP contribution >= 0.6 is 0 Å². The zero-order valence-corrected chi connectivity index (χ0v) is 11.2. The van der Waals surface area contributed by atoms with Gasteiger partial charge in [0, 0.05) is 40.3 Å². The molecule has 0 atom stereocenters. The number of rotatable bonds is 3. The highest BCUT2D eigenvalue weighted by atomic mass is 16.2. The van der Waals surface area contributed by atoms with Gasteiger partial charge in [0.1, 0.15) is 0 Å². The molecule has 0 bridgehead atoms. The Labute approximate surface area is 111 Å². The number of likely N-dealkylation sites (N-methyl/N-ethyl adjacent to an activating group) is 1. The largest absolute Gasteiger partial charge is 0.348 e. The van der Waals surface area contributed by atoms with Crippen LogP contribution in [0.3, 0.4) is 0 Å². The molecule has 104 valence electrons. The monoisotopic (exact) mass is 266 g/mol. The van der Waals surface area contributed by atoms with Gasteiger partial charge in [-0.1, -0.05) is 0 Å². The van der Waals surface area contributed by atoms with E-state index < -0.39 is 0 Å². The molecular formula is C11H18N6O2. The topological polar surface area (TPSA) is 85.4 Å². The van der Waals surface area contributed by atoms with E-state index in [4.69, 9.17) is 0 Å². The minimum absolute atomic E-state index is 0.0799. The first-order valence-corrected chi connectivity index (χ1v) is 6.15. The molecule has 1 aliphatic heterocycles. The Morgan fingerprint density at radius 1 is 1.32 bits per heavy atom. The molecule has 1 saturated heterocycles. The number of piperazine rings is 1. The number of aromatic amines is 1. The summed E-state index contributed by atoms with van der Waals surface area (Å²) in [5.41, 5.74) is 0.331. The standard InChI is InChI=1S/C11H18N6O2/c1-15(2)10(18)8-16-3-5-17(6-4-16)11(19)9-7-12-14-13-9/h7H,3-6,8H2,1-2H3,(H,12,13,14). The van der Waals surface area contributed by atoms with Gasteiger partial charge in [-0.25, -0.2) is 0 Å². The number of hydrogen-bond acceptors (Lipinski definition) is 5. The number of amides is 2. The summed E-state index contributed by atoms with van der Waals surface area (Å²) in [5.74, 6) is -0.0383. The second kappa shape index (κ2) is 5.79. The van der Waals surface area contributed by atoms with Gasteiger partial charge in [0.25, 0.3) is 5.91 Å². The predicted octanol–water partition coefficient (Wildman–Crippen LogP) is -1.35. The molecule has 0 radical (unpaired) electrons. The summed E-state index contributed by atoms with van der Waals surface area (Å²) in [7, 11) is 3.49. The van der Waals surface area contributed by atoms with Crippen LogP contribution in [0, 0.1) is 0 Å². The van der Waals surface area contributed by atoms with E-state index >= 15 is 0 Å². The molecule has 19 heavy (non-hydrogen) atoms. The van der Waals surface area contributed by atoms with Gasteiger partial charge < -0.3 is 9.80 Å². The fraction of sp³-hybridized carbons (Fsp3) is 0.636. The van der Waals surface area contributed by atoms with E-state index in [-0.39, 0.29) is 11.8 Å². The highest BCUT2D eigenvalue weighted by Crippen LogP contribution is 2.06. The van der Waals surface area contributed by atoms with Crippen molar-refractivity contribution < 1.29 is 9.59 Å². The van der Waals surface area contributed by atoms with Crippen LogP contribution in [-0.2, 0) is 4.79 Å². The normalized spacial score (nSPS) is 16.4. The number of carbonyl (C=O) groups is 2. The Balaban J connectivity index is 1.82. The smallest absolute Gasteiger partial charge is 0.276 e. The Bertz CT molecular complexity index is 436. The van der Waals surface area contributed by atoms with Crippen LogP contribution in [-0.4, -0.2) is 88.7 Å². The van der Waals surface area contributed by atoms with Crippen molar-refractivity contribution in [3.05, 3.63) is 11.9 Å². The molecule has 2 amide bonds. The quantitative estimate of drug-likeness (QED) is 0.731. The van der Waals surface area contributed by atoms with Gasteiger partial charge >= 0.3 is 0 Å². The van der Waals surface area contributed by atoms with Crippen molar-refractivity contribution in [2.24, 2.45) is 0 Å². The molecule has 8 nitrogen and oxygen atoms in total. The number of nitrogens with zero attached hydrogens (tertiary/aromatic N) is 5. The number of carbonyl (C=O) groups excluding carboxylic acids is 2. The summed E-state index contributed by atoms with van der Waals surface area (Å²) >= 11 is 0. The van der Waals surface area contributed by atoms with E-state index in [0.29, 0.717) is 38.4 Å². The summed E-state index contributed by atoms with van der Waals surface area (Å²) in [6.07, 6.45) is 1.42. The lowest BCUT2D eigenvalue weighted by molar-refractivity contribution is -0.130. The Morgan fingerprint density at radius 2 is 2.00 bits per heavy atom. The Kier molecular flexibility index (Phi) is 4.10. The summed E-state index contributed by atoms with van der Waals surface area (Å²) in [5, 5.41) is 9.84. The summed E-state index contributed by atoms with van der Waals surface area (Å²) in [6, 6.07) is 0. The van der Waals surface area contributed by atoms with E-state index in [1.54, 1.807) is 23.9 Å². The van der Waals surface area contributed by atoms with Crippen LogP contribution in [0.2, 0.25) is 0 Å². The van der Waals surface area contributed by atoms with Gasteiger partial charge in [-0.05, 0) is 0 Å². The zero-order valence-electron chi connectivity index (χ0n) is 11.2. The van der Waals surface area contributed by atoms with Gasteiger partial charge in [0.05, 0.1) is 12.7 Å². The SMILES string of the molecule is CN(C)C(=O)CN1CCN(C(=O)c2cn[nH]n2)CC1. The summed E-state index contributed by atoms with van der Waals surface area (Å²) in [6.45, 7) is 3.00. The first-order chi connectivity index (χ1) is 9.08. The molecule has 1 N–H and O–H groups in total. The van der Waals surface area contributed by atoms with Gasteiger partial charge in [-0.15, -0.1) is 0 Å². The fourth-order valence-electron chi connectivity index (χ4n) is 1.91. The highest BCUT2D eigenvalue weighted by Gasteiger charge is 2.24. The molecule has 0 aromatic carbocycles. The fourth-order valence-corrected chi connectivity index (χ4v) is 1.91. The maximum atomic E-state index is 12.0. The van der Waals surface area contributed by atoms with E-state index in [1.165, 1.54) is 6.20 Å². The van der Waals surface area contributed by atoms with E-state index in [2.05, 4.69) is 20.3 Å². The highest BCUT2D eigenvalue weighted by molar-refractivity contribution is 5.92. The van der Waals surface area contributed by atoms with Crippen molar-refractivity contribution >= 4 is 11.8 Å². The second-order valence-electron chi connectivity index (χ2n) is 4.71. The van der Waals surface area contributed by atoms with Gasteiger partial charge in [-0.3, -0.25) is 14.5 Å². The van der Waals surface area contributed by atoms with Gasteiger partial charge in [-0.2, -0.15) is 15.4 Å². The molecule has 0 aliphatic carbocycles. The van der Waals surface area contributed by atoms with E-state index in [9.17, 15) is 9.59 Å². The molecule has 2 heterocycles. The molecule has 0 saturated carbocycles. The molecule has 1 fully saturated rings. The van der Waals surface area contributed by atoms with Crippen LogP contribution in [0.15, 0.2) is 6.20 Å². The van der Waals surface area contributed by atoms with Crippen molar-refractivity contribution in [3.63, 3.8) is 0 Å². The maximum absolute atomic E-state index is 12.0. The van der Waals surface area contributed by atoms with Crippen LogP contribution in [0.4, 0.5) is 0 Å². The number of hydrogen-bond donors (Lipinski definition) is 1. The molecule has 8 heteroatoms. The average Bonchev–Trinajstić information content (AvgIpc) is 2.92. The van der Waals surface area contributed by atoms with Crippen molar-refractivity contribution in [2.75, 3.05) is 46.8 Å². The Morgan fingerprint density at radius 3 is 2.53 bits per heavy atom. The van der Waals surface area contributed by atoms with Gasteiger partial charge in [0.2, 0.25) is 5.91 Å². The third-order valence-electron chi connectivity index (χ3n) is 3.15. The molecule has 0 spiro atoms. The first kappa shape index (κ1) is 13.5. The van der Waals surface area contributed by atoms with Crippen LogP contribution in [0.25, 0.3) is 0 Å². The van der Waals surface area contributed by atoms with Gasteiger partial charge in [0.15, 0.2) is 5.69 Å². The van der Waals surface area contributed by atoms with Crippen LogP contribution in [0.5, 0.6) is 0 Å². The van der Waals surface area contributed by atoms with Crippen molar-refractivity contribution in [1.82, 2.24) is 30.1 Å². The van der Waals surface area contributed by atoms with Crippen molar-refractivity contribution in [2.45, 2.75) is 0 Å². The number of aromatic nitrogens is 3. The molecule has 1 aliphatic rings. The van der Waals surface area contributed by atoms with Crippen LogP contribution in [0.1, 0.15) is 10.5 Å². The minimum Gasteiger partial charge on any atom is -0.348 e. The van der Waals surface area contributed by atoms with Crippen molar-refractivity contribution in [1.29, 1.82) is 0 Å². The van der Waals surface area contributed by atoms with Crippen LogP contribution < -0.4 is 0 Å². The minimum atomic E-state index is -0.118. The third-order valence-corrected chi connectivity index (χ3v) is 3.15. The number of H-pyrrole nitrogens is 1.